The molecule has 0 aliphatic rings. The van der Waals surface area contributed by atoms with Crippen molar-refractivity contribution in [2.75, 3.05) is 39.3 Å². The summed E-state index contributed by atoms with van der Waals surface area (Å²) in [6.07, 6.45) is 2.96. The van der Waals surface area contributed by atoms with E-state index in [1.54, 1.807) is 10.9 Å². The molecule has 0 atom stereocenters. The molecule has 0 amide bonds. The summed E-state index contributed by atoms with van der Waals surface area (Å²) in [6.45, 7) is 11.4. The zero-order valence-electron chi connectivity index (χ0n) is 13.2. The van der Waals surface area contributed by atoms with Crippen molar-refractivity contribution in [3.8, 4) is 0 Å². The molecular formula is C13H27N5O2S. The van der Waals surface area contributed by atoms with Crippen molar-refractivity contribution in [2.24, 2.45) is 0 Å². The average molecular weight is 317 g/mol. The molecule has 1 rings (SSSR count). The molecule has 122 valence electrons. The Bertz CT molecular complexity index is 496. The minimum Gasteiger partial charge on any atom is -0.315 e. The summed E-state index contributed by atoms with van der Waals surface area (Å²) >= 11 is 0. The van der Waals surface area contributed by atoms with Crippen LogP contribution >= 0.6 is 0 Å². The lowest BCUT2D eigenvalue weighted by atomic mass is 10.5. The first kappa shape index (κ1) is 18.1. The minimum absolute atomic E-state index is 0.221. The molecule has 0 bridgehead atoms. The molecule has 1 aromatic rings. The summed E-state index contributed by atoms with van der Waals surface area (Å²) in [5.74, 6) is 0. The molecule has 0 aliphatic carbocycles. The maximum absolute atomic E-state index is 12.1. The molecule has 0 radical (unpaired) electrons. The fourth-order valence-corrected chi connectivity index (χ4v) is 2.91. The van der Waals surface area contributed by atoms with Crippen LogP contribution in [-0.2, 0) is 16.6 Å². The Morgan fingerprint density at radius 3 is 2.57 bits per heavy atom. The van der Waals surface area contributed by atoms with Crippen molar-refractivity contribution >= 4 is 10.0 Å². The van der Waals surface area contributed by atoms with Crippen LogP contribution in [0, 0.1) is 0 Å². The lowest BCUT2D eigenvalue weighted by Crippen LogP contribution is -2.34. The molecule has 0 aliphatic heterocycles. The number of hydrogen-bond donors (Lipinski definition) is 2. The third-order valence-electron chi connectivity index (χ3n) is 3.30. The molecule has 8 heteroatoms. The van der Waals surface area contributed by atoms with Crippen LogP contribution < -0.4 is 10.0 Å². The Balaban J connectivity index is 2.50. The van der Waals surface area contributed by atoms with E-state index in [2.05, 4.69) is 33.9 Å². The number of hydrogen-bond acceptors (Lipinski definition) is 5. The molecular weight excluding hydrogens is 290 g/mol. The van der Waals surface area contributed by atoms with E-state index in [-0.39, 0.29) is 4.90 Å². The van der Waals surface area contributed by atoms with Crippen molar-refractivity contribution in [3.63, 3.8) is 0 Å². The third-order valence-corrected chi connectivity index (χ3v) is 4.72. The summed E-state index contributed by atoms with van der Waals surface area (Å²) in [5, 5.41) is 7.25. The van der Waals surface area contributed by atoms with Gasteiger partial charge in [-0.05, 0) is 19.6 Å². The fraction of sp³-hybridized carbons (Fsp3) is 0.769. The quantitative estimate of drug-likeness (QED) is 0.567. The number of nitrogens with zero attached hydrogens (tertiary/aromatic N) is 3. The Morgan fingerprint density at radius 1 is 1.24 bits per heavy atom. The van der Waals surface area contributed by atoms with Crippen molar-refractivity contribution in [3.05, 3.63) is 12.4 Å². The van der Waals surface area contributed by atoms with Crippen LogP contribution in [-0.4, -0.2) is 62.4 Å². The van der Waals surface area contributed by atoms with Crippen LogP contribution in [0.5, 0.6) is 0 Å². The maximum Gasteiger partial charge on any atom is 0.243 e. The van der Waals surface area contributed by atoms with E-state index in [4.69, 9.17) is 0 Å². The van der Waals surface area contributed by atoms with E-state index in [9.17, 15) is 8.42 Å². The SMILES string of the molecule is CCNCCn1cc(S(=O)(=O)NCCN(CC)CC)cn1. The third kappa shape index (κ3) is 6.13. The van der Waals surface area contributed by atoms with Crippen molar-refractivity contribution < 1.29 is 8.42 Å². The lowest BCUT2D eigenvalue weighted by molar-refractivity contribution is 0.309. The van der Waals surface area contributed by atoms with Gasteiger partial charge in [0.25, 0.3) is 0 Å². The van der Waals surface area contributed by atoms with Crippen molar-refractivity contribution in [1.82, 2.24) is 24.7 Å². The van der Waals surface area contributed by atoms with Gasteiger partial charge in [-0.25, -0.2) is 13.1 Å². The van der Waals surface area contributed by atoms with Crippen LogP contribution in [0.15, 0.2) is 17.3 Å². The van der Waals surface area contributed by atoms with E-state index >= 15 is 0 Å². The van der Waals surface area contributed by atoms with Gasteiger partial charge in [-0.1, -0.05) is 20.8 Å². The number of likely N-dealkylation sites (N-methyl/N-ethyl adjacent to an activating group) is 2. The van der Waals surface area contributed by atoms with Gasteiger partial charge in [-0.2, -0.15) is 5.10 Å². The normalized spacial score (nSPS) is 12.2. The number of rotatable bonds is 11. The minimum atomic E-state index is -3.46. The van der Waals surface area contributed by atoms with Crippen LogP contribution in [0.4, 0.5) is 0 Å². The van der Waals surface area contributed by atoms with Crippen LogP contribution in [0.3, 0.4) is 0 Å². The Kier molecular flexibility index (Phi) is 7.87. The second-order valence-corrected chi connectivity index (χ2v) is 6.48. The van der Waals surface area contributed by atoms with E-state index in [0.29, 0.717) is 19.6 Å². The second-order valence-electron chi connectivity index (χ2n) is 4.72. The molecule has 0 fully saturated rings. The lowest BCUT2D eigenvalue weighted by Gasteiger charge is -2.17. The summed E-state index contributed by atoms with van der Waals surface area (Å²) in [7, 11) is -3.46. The summed E-state index contributed by atoms with van der Waals surface area (Å²) in [5.41, 5.74) is 0. The molecule has 0 unspecified atom stereocenters. The van der Waals surface area contributed by atoms with Gasteiger partial charge in [0, 0.05) is 25.8 Å². The highest BCUT2D eigenvalue weighted by Gasteiger charge is 2.16. The highest BCUT2D eigenvalue weighted by Crippen LogP contribution is 2.06. The molecule has 0 saturated carbocycles. The molecule has 7 nitrogen and oxygen atoms in total. The Labute approximate surface area is 127 Å². The van der Waals surface area contributed by atoms with E-state index in [0.717, 1.165) is 26.2 Å². The van der Waals surface area contributed by atoms with Gasteiger partial charge in [-0.15, -0.1) is 0 Å². The average Bonchev–Trinajstić information content (AvgIpc) is 2.94. The van der Waals surface area contributed by atoms with Gasteiger partial charge in [-0.3, -0.25) is 4.68 Å². The van der Waals surface area contributed by atoms with Crippen LogP contribution in [0.25, 0.3) is 0 Å². The van der Waals surface area contributed by atoms with Gasteiger partial charge >= 0.3 is 0 Å². The molecule has 1 aromatic heterocycles. The maximum atomic E-state index is 12.1. The molecule has 21 heavy (non-hydrogen) atoms. The largest absolute Gasteiger partial charge is 0.315 e. The summed E-state index contributed by atoms with van der Waals surface area (Å²) in [6, 6.07) is 0. The summed E-state index contributed by atoms with van der Waals surface area (Å²) in [4.78, 5) is 2.39. The zero-order chi connectivity index (χ0) is 15.7. The topological polar surface area (TPSA) is 79.3 Å². The predicted molar refractivity (Wildman–Crippen MR) is 83.7 cm³/mol. The van der Waals surface area contributed by atoms with E-state index < -0.39 is 10.0 Å². The van der Waals surface area contributed by atoms with Gasteiger partial charge in [0.1, 0.15) is 4.90 Å². The predicted octanol–water partition coefficient (Wildman–Crippen LogP) is 0.113. The first-order valence-corrected chi connectivity index (χ1v) is 8.97. The van der Waals surface area contributed by atoms with Crippen molar-refractivity contribution in [1.29, 1.82) is 0 Å². The van der Waals surface area contributed by atoms with E-state index in [1.807, 2.05) is 6.92 Å². The van der Waals surface area contributed by atoms with E-state index in [1.165, 1.54) is 6.20 Å². The molecule has 0 aromatic carbocycles. The van der Waals surface area contributed by atoms with Gasteiger partial charge in [0.05, 0.1) is 12.7 Å². The first-order valence-electron chi connectivity index (χ1n) is 7.48. The monoisotopic (exact) mass is 317 g/mol. The molecule has 0 saturated heterocycles. The number of sulfonamides is 1. The number of aromatic nitrogens is 2. The number of nitrogens with one attached hydrogen (secondary N) is 2. The standard InChI is InChI=1S/C13H27N5O2S/c1-4-14-7-10-18-12-13(11-15-18)21(19,20)16-8-9-17(5-2)6-3/h11-12,14,16H,4-10H2,1-3H3. The van der Waals surface area contributed by atoms with Gasteiger partial charge < -0.3 is 10.2 Å². The highest BCUT2D eigenvalue weighted by atomic mass is 32.2. The van der Waals surface area contributed by atoms with Crippen LogP contribution in [0.2, 0.25) is 0 Å². The highest BCUT2D eigenvalue weighted by molar-refractivity contribution is 7.89. The van der Waals surface area contributed by atoms with Gasteiger partial charge in [0.15, 0.2) is 0 Å². The smallest absolute Gasteiger partial charge is 0.243 e. The zero-order valence-corrected chi connectivity index (χ0v) is 14.0. The van der Waals surface area contributed by atoms with Crippen molar-refractivity contribution in [2.45, 2.75) is 32.2 Å². The summed E-state index contributed by atoms with van der Waals surface area (Å²) < 4.78 is 28.5. The molecule has 1 heterocycles. The molecule has 0 spiro atoms. The first-order chi connectivity index (χ1) is 10.0. The second kappa shape index (κ2) is 9.14. The Hall–Kier alpha value is -0.960. The molecule has 2 N–H and O–H groups in total. The van der Waals surface area contributed by atoms with Crippen LogP contribution in [0.1, 0.15) is 20.8 Å². The van der Waals surface area contributed by atoms with Gasteiger partial charge in [0.2, 0.25) is 10.0 Å². The Morgan fingerprint density at radius 2 is 1.95 bits per heavy atom. The fourth-order valence-electron chi connectivity index (χ4n) is 1.94.